The molecule has 0 bridgehead atoms. The summed E-state index contributed by atoms with van der Waals surface area (Å²) in [4.78, 5) is 0. The Morgan fingerprint density at radius 2 is 1.65 bits per heavy atom. The molecule has 1 atom stereocenters. The van der Waals surface area contributed by atoms with Crippen molar-refractivity contribution in [1.82, 2.24) is 0 Å². The van der Waals surface area contributed by atoms with Crippen LogP contribution in [0.2, 0.25) is 0 Å². The van der Waals surface area contributed by atoms with Crippen LogP contribution in [0.25, 0.3) is 0 Å². The van der Waals surface area contributed by atoms with E-state index in [4.69, 9.17) is 0 Å². The lowest BCUT2D eigenvalue weighted by Crippen LogP contribution is -2.03. The van der Waals surface area contributed by atoms with E-state index in [0.29, 0.717) is 0 Å². The van der Waals surface area contributed by atoms with Gasteiger partial charge in [-0.2, -0.15) is 0 Å². The average molecular weight is 274 g/mol. The molecule has 0 aromatic heterocycles. The van der Waals surface area contributed by atoms with Crippen LogP contribution in [0, 0.1) is 5.92 Å². The van der Waals surface area contributed by atoms with Crippen LogP contribution >= 0.6 is 0 Å². The van der Waals surface area contributed by atoms with Gasteiger partial charge in [0.15, 0.2) is 0 Å². The topological polar surface area (TPSA) is 0 Å². The highest BCUT2D eigenvalue weighted by Crippen LogP contribution is 2.18. The number of rotatable bonds is 9. The molecule has 0 nitrogen and oxygen atoms in total. The molecule has 0 N–H and O–H groups in total. The molecule has 1 aromatic rings. The van der Waals surface area contributed by atoms with Gasteiger partial charge in [-0.3, -0.25) is 0 Å². The van der Waals surface area contributed by atoms with E-state index in [1.807, 2.05) is 6.08 Å². The smallest absolute Gasteiger partial charge is 0.0250 e. The summed E-state index contributed by atoms with van der Waals surface area (Å²) in [5, 5.41) is 0. The first kappa shape index (κ1) is 19.0. The zero-order valence-corrected chi connectivity index (χ0v) is 13.9. The highest BCUT2D eigenvalue weighted by molar-refractivity contribution is 5.15. The lowest BCUT2D eigenvalue weighted by molar-refractivity contribution is 0.449. The minimum Gasteiger partial charge on any atom is -0.103 e. The maximum atomic E-state index is 3.60. The summed E-state index contributed by atoms with van der Waals surface area (Å²) in [5.41, 5.74) is 1.50. The van der Waals surface area contributed by atoms with Crippen LogP contribution in [-0.4, -0.2) is 0 Å². The third-order valence-corrected chi connectivity index (χ3v) is 3.67. The van der Waals surface area contributed by atoms with Crippen LogP contribution in [0.3, 0.4) is 0 Å². The molecule has 0 aliphatic heterocycles. The van der Waals surface area contributed by atoms with Gasteiger partial charge in [0.25, 0.3) is 0 Å². The highest BCUT2D eigenvalue weighted by atomic mass is 14.1. The van der Waals surface area contributed by atoms with E-state index >= 15 is 0 Å². The molecule has 0 aliphatic rings. The van der Waals surface area contributed by atoms with Gasteiger partial charge in [0, 0.05) is 0 Å². The van der Waals surface area contributed by atoms with E-state index in [1.165, 1.54) is 56.9 Å². The second-order valence-electron chi connectivity index (χ2n) is 5.54. The van der Waals surface area contributed by atoms with Crippen LogP contribution in [0.4, 0.5) is 0 Å². The van der Waals surface area contributed by atoms with Gasteiger partial charge in [-0.25, -0.2) is 0 Å². The van der Waals surface area contributed by atoms with Crippen molar-refractivity contribution in [3.05, 3.63) is 48.6 Å². The zero-order valence-electron chi connectivity index (χ0n) is 13.9. The number of hydrogen-bond acceptors (Lipinski definition) is 0. The molecule has 1 rings (SSSR count). The summed E-state index contributed by atoms with van der Waals surface area (Å²) >= 11 is 0. The maximum Gasteiger partial charge on any atom is -0.0250 e. The summed E-state index contributed by atoms with van der Waals surface area (Å²) < 4.78 is 0. The van der Waals surface area contributed by atoms with E-state index in [0.717, 1.165) is 5.92 Å². The molecule has 0 saturated heterocycles. The van der Waals surface area contributed by atoms with Gasteiger partial charge in [-0.1, -0.05) is 95.7 Å². The number of unbranched alkanes of at least 4 members (excludes halogenated alkanes) is 3. The maximum absolute atomic E-state index is 3.60. The Kier molecular flexibility index (Phi) is 13.6. The first-order valence-corrected chi connectivity index (χ1v) is 8.43. The Bertz CT molecular complexity index is 299. The fraction of sp³-hybridized carbons (Fsp3) is 0.600. The Morgan fingerprint density at radius 1 is 1.00 bits per heavy atom. The summed E-state index contributed by atoms with van der Waals surface area (Å²) in [5.74, 6) is 0.886. The molecular weight excluding hydrogens is 240 g/mol. The normalized spacial score (nSPS) is 11.3. The van der Waals surface area contributed by atoms with E-state index < -0.39 is 0 Å². The molecule has 0 radical (unpaired) electrons. The molecule has 0 fully saturated rings. The Morgan fingerprint density at radius 3 is 2.10 bits per heavy atom. The second-order valence-corrected chi connectivity index (χ2v) is 5.54. The van der Waals surface area contributed by atoms with Crippen molar-refractivity contribution >= 4 is 0 Å². The number of hydrogen-bond donors (Lipinski definition) is 0. The summed E-state index contributed by atoms with van der Waals surface area (Å²) in [6.07, 6.45) is 12.4. The Hall–Kier alpha value is -1.04. The van der Waals surface area contributed by atoms with Crippen molar-refractivity contribution in [2.45, 2.75) is 72.1 Å². The Labute approximate surface area is 127 Å². The zero-order chi connectivity index (χ0) is 15.1. The third-order valence-electron chi connectivity index (χ3n) is 3.67. The molecule has 0 amide bonds. The van der Waals surface area contributed by atoms with Crippen LogP contribution in [0.1, 0.15) is 71.3 Å². The molecule has 0 aliphatic carbocycles. The average Bonchev–Trinajstić information content (AvgIpc) is 2.51. The van der Waals surface area contributed by atoms with Crippen LogP contribution < -0.4 is 0 Å². The van der Waals surface area contributed by atoms with Gasteiger partial charge in [0.2, 0.25) is 0 Å². The lowest BCUT2D eigenvalue weighted by Gasteiger charge is -2.13. The summed E-state index contributed by atoms with van der Waals surface area (Å²) in [6, 6.07) is 10.9. The monoisotopic (exact) mass is 274 g/mol. The van der Waals surface area contributed by atoms with E-state index in [-0.39, 0.29) is 0 Å². The van der Waals surface area contributed by atoms with Gasteiger partial charge in [0.05, 0.1) is 0 Å². The van der Waals surface area contributed by atoms with Gasteiger partial charge >= 0.3 is 0 Å². The predicted octanol–water partition coefficient (Wildman–Crippen LogP) is 6.81. The van der Waals surface area contributed by atoms with Gasteiger partial charge < -0.3 is 0 Å². The number of benzene rings is 1. The largest absolute Gasteiger partial charge is 0.103 e. The van der Waals surface area contributed by atoms with Crippen molar-refractivity contribution in [3.8, 4) is 0 Å². The Balaban J connectivity index is 0.000000511. The molecule has 20 heavy (non-hydrogen) atoms. The standard InChI is InChI=1S/C14H22.C6H12/c1-3-5-9-13(4-2)12-14-10-7-6-8-11-14;1-3-5-6-4-2/h6-8,10-11,13H,3-5,9,12H2,1-2H3;3H,1,4-6H2,2H3. The van der Waals surface area contributed by atoms with E-state index in [2.05, 4.69) is 57.7 Å². The van der Waals surface area contributed by atoms with Crippen molar-refractivity contribution < 1.29 is 0 Å². The summed E-state index contributed by atoms with van der Waals surface area (Å²) in [7, 11) is 0. The molecule has 0 saturated carbocycles. The quantitative estimate of drug-likeness (QED) is 0.343. The highest BCUT2D eigenvalue weighted by Gasteiger charge is 2.06. The SMILES string of the molecule is C=CCCCC.CCCCC(CC)Cc1ccccc1. The predicted molar refractivity (Wildman–Crippen MR) is 93.2 cm³/mol. The van der Waals surface area contributed by atoms with E-state index in [9.17, 15) is 0 Å². The van der Waals surface area contributed by atoms with Gasteiger partial charge in [0.1, 0.15) is 0 Å². The molecule has 1 aromatic carbocycles. The fourth-order valence-electron chi connectivity index (χ4n) is 2.24. The molecule has 1 unspecified atom stereocenters. The minimum absolute atomic E-state index is 0.886. The second kappa shape index (κ2) is 14.4. The molecule has 0 heteroatoms. The van der Waals surface area contributed by atoms with Crippen molar-refractivity contribution in [2.24, 2.45) is 5.92 Å². The first-order chi connectivity index (χ1) is 9.78. The third kappa shape index (κ3) is 10.8. The van der Waals surface area contributed by atoms with E-state index in [1.54, 1.807) is 0 Å². The van der Waals surface area contributed by atoms with Crippen molar-refractivity contribution in [3.63, 3.8) is 0 Å². The van der Waals surface area contributed by atoms with Gasteiger partial charge in [-0.15, -0.1) is 6.58 Å². The summed E-state index contributed by atoms with van der Waals surface area (Å²) in [6.45, 7) is 10.4. The van der Waals surface area contributed by atoms with Gasteiger partial charge in [-0.05, 0) is 24.3 Å². The molecule has 0 heterocycles. The van der Waals surface area contributed by atoms with Crippen molar-refractivity contribution in [2.75, 3.05) is 0 Å². The van der Waals surface area contributed by atoms with Crippen LogP contribution in [-0.2, 0) is 6.42 Å². The van der Waals surface area contributed by atoms with Crippen molar-refractivity contribution in [1.29, 1.82) is 0 Å². The molecule has 0 spiro atoms. The van der Waals surface area contributed by atoms with Crippen LogP contribution in [0.15, 0.2) is 43.0 Å². The lowest BCUT2D eigenvalue weighted by atomic mass is 9.92. The molecular formula is C20H34. The first-order valence-electron chi connectivity index (χ1n) is 8.43. The minimum atomic E-state index is 0.886. The van der Waals surface area contributed by atoms with Crippen LogP contribution in [0.5, 0.6) is 0 Å². The fourth-order valence-corrected chi connectivity index (χ4v) is 2.24. The molecule has 114 valence electrons. The number of allylic oxidation sites excluding steroid dienone is 1.